The van der Waals surface area contributed by atoms with Gasteiger partial charge >= 0.3 is 0 Å². The van der Waals surface area contributed by atoms with Gasteiger partial charge in [-0.25, -0.2) is 8.78 Å². The molecule has 0 atom stereocenters. The molecule has 1 nitrogen and oxygen atoms in total. The second-order valence-corrected chi connectivity index (χ2v) is 2.98. The second-order valence-electron chi connectivity index (χ2n) is 2.98. The highest BCUT2D eigenvalue weighted by Crippen LogP contribution is 2.25. The van der Waals surface area contributed by atoms with Crippen molar-refractivity contribution in [3.8, 4) is 0 Å². The number of nitrogens with zero attached hydrogens (tertiary/aromatic N) is 1. The summed E-state index contributed by atoms with van der Waals surface area (Å²) < 4.78 is 25.4. The van der Waals surface area contributed by atoms with Crippen molar-refractivity contribution in [1.29, 1.82) is 0 Å². The summed E-state index contributed by atoms with van der Waals surface area (Å²) in [4.78, 5) is 1.73. The maximum absolute atomic E-state index is 12.7. The minimum atomic E-state index is -2.47. The van der Waals surface area contributed by atoms with Crippen LogP contribution in [0.3, 0.4) is 0 Å². The molecule has 0 aromatic carbocycles. The van der Waals surface area contributed by atoms with Crippen molar-refractivity contribution in [1.82, 2.24) is 4.90 Å². The quantitative estimate of drug-likeness (QED) is 0.559. The van der Waals surface area contributed by atoms with E-state index in [0.717, 1.165) is 6.54 Å². The Bertz CT molecular complexity index is 145. The summed E-state index contributed by atoms with van der Waals surface area (Å²) in [6.07, 6.45) is 2.31. The molecule has 1 aliphatic heterocycles. The molecule has 0 radical (unpaired) electrons. The van der Waals surface area contributed by atoms with Crippen LogP contribution >= 0.6 is 0 Å². The predicted molar refractivity (Wildman–Crippen MR) is 40.8 cm³/mol. The fourth-order valence-corrected chi connectivity index (χ4v) is 1.38. The number of likely N-dealkylation sites (tertiary alicyclic amines) is 1. The van der Waals surface area contributed by atoms with Gasteiger partial charge in [-0.2, -0.15) is 0 Å². The molecule has 3 heteroatoms. The summed E-state index contributed by atoms with van der Waals surface area (Å²) in [5, 5.41) is 0. The third-order valence-electron chi connectivity index (χ3n) is 1.86. The Labute approximate surface area is 65.7 Å². The van der Waals surface area contributed by atoms with Gasteiger partial charge in [0.05, 0.1) is 6.54 Å². The van der Waals surface area contributed by atoms with Crippen molar-refractivity contribution in [2.75, 3.05) is 19.6 Å². The Hall–Kier alpha value is -0.440. The van der Waals surface area contributed by atoms with Gasteiger partial charge in [-0.15, -0.1) is 6.58 Å². The first-order valence-electron chi connectivity index (χ1n) is 3.85. The Morgan fingerprint density at radius 1 is 1.55 bits per heavy atom. The van der Waals surface area contributed by atoms with Gasteiger partial charge in [-0.05, 0) is 13.0 Å². The highest BCUT2D eigenvalue weighted by Gasteiger charge is 2.34. The second kappa shape index (κ2) is 3.30. The third-order valence-corrected chi connectivity index (χ3v) is 1.86. The SMILES string of the molecule is C=CCN1CCCC(F)(F)C1. The number of halogens is 2. The molecule has 0 amide bonds. The summed E-state index contributed by atoms with van der Waals surface area (Å²) in [6, 6.07) is 0. The van der Waals surface area contributed by atoms with Crippen molar-refractivity contribution in [2.45, 2.75) is 18.8 Å². The van der Waals surface area contributed by atoms with Crippen LogP contribution in [0.5, 0.6) is 0 Å². The van der Waals surface area contributed by atoms with Crippen molar-refractivity contribution < 1.29 is 8.78 Å². The van der Waals surface area contributed by atoms with E-state index in [0.29, 0.717) is 13.0 Å². The molecule has 0 saturated carbocycles. The van der Waals surface area contributed by atoms with E-state index in [1.165, 1.54) is 0 Å². The van der Waals surface area contributed by atoms with Gasteiger partial charge in [-0.1, -0.05) is 6.08 Å². The molecular weight excluding hydrogens is 148 g/mol. The normalized spacial score (nSPS) is 24.9. The van der Waals surface area contributed by atoms with Crippen LogP contribution < -0.4 is 0 Å². The molecule has 0 spiro atoms. The molecule has 1 rings (SSSR count). The van der Waals surface area contributed by atoms with E-state index >= 15 is 0 Å². The molecule has 0 aliphatic carbocycles. The van der Waals surface area contributed by atoms with E-state index in [4.69, 9.17) is 0 Å². The first-order valence-corrected chi connectivity index (χ1v) is 3.85. The number of rotatable bonds is 2. The molecule has 64 valence electrons. The lowest BCUT2D eigenvalue weighted by Crippen LogP contribution is -2.42. The molecule has 0 aromatic heterocycles. The van der Waals surface area contributed by atoms with Crippen LogP contribution in [-0.2, 0) is 0 Å². The van der Waals surface area contributed by atoms with Gasteiger partial charge in [-0.3, -0.25) is 4.90 Å². The summed E-state index contributed by atoms with van der Waals surface area (Å²) >= 11 is 0. The largest absolute Gasteiger partial charge is 0.294 e. The predicted octanol–water partition coefficient (Wildman–Crippen LogP) is 1.90. The molecule has 0 N–H and O–H groups in total. The minimum absolute atomic E-state index is 0.0423. The molecule has 0 bridgehead atoms. The lowest BCUT2D eigenvalue weighted by Gasteiger charge is -2.31. The van der Waals surface area contributed by atoms with Crippen molar-refractivity contribution in [2.24, 2.45) is 0 Å². The summed E-state index contributed by atoms with van der Waals surface area (Å²) in [6.45, 7) is 4.78. The fourth-order valence-electron chi connectivity index (χ4n) is 1.38. The van der Waals surface area contributed by atoms with Crippen LogP contribution in [0.15, 0.2) is 12.7 Å². The average molecular weight is 161 g/mol. The van der Waals surface area contributed by atoms with E-state index in [1.54, 1.807) is 11.0 Å². The van der Waals surface area contributed by atoms with Crippen LogP contribution in [0.25, 0.3) is 0 Å². The Kier molecular flexibility index (Phi) is 2.60. The Morgan fingerprint density at radius 3 is 2.82 bits per heavy atom. The van der Waals surface area contributed by atoms with Crippen LogP contribution in [0.2, 0.25) is 0 Å². The minimum Gasteiger partial charge on any atom is -0.294 e. The van der Waals surface area contributed by atoms with Gasteiger partial charge in [0.2, 0.25) is 0 Å². The number of piperidine rings is 1. The summed E-state index contributed by atoms with van der Waals surface area (Å²) in [7, 11) is 0. The summed E-state index contributed by atoms with van der Waals surface area (Å²) in [5.74, 6) is -2.47. The van der Waals surface area contributed by atoms with Crippen molar-refractivity contribution in [3.05, 3.63) is 12.7 Å². The average Bonchev–Trinajstić information content (AvgIpc) is 1.85. The van der Waals surface area contributed by atoms with Gasteiger partial charge in [0.25, 0.3) is 5.92 Å². The number of hydrogen-bond acceptors (Lipinski definition) is 1. The van der Waals surface area contributed by atoms with Crippen molar-refractivity contribution in [3.63, 3.8) is 0 Å². The van der Waals surface area contributed by atoms with Crippen LogP contribution in [0.4, 0.5) is 8.78 Å². The maximum atomic E-state index is 12.7. The number of alkyl halides is 2. The maximum Gasteiger partial charge on any atom is 0.260 e. The van der Waals surface area contributed by atoms with Crippen LogP contribution in [-0.4, -0.2) is 30.5 Å². The van der Waals surface area contributed by atoms with Gasteiger partial charge < -0.3 is 0 Å². The van der Waals surface area contributed by atoms with Gasteiger partial charge in [0, 0.05) is 13.0 Å². The van der Waals surface area contributed by atoms with E-state index < -0.39 is 5.92 Å². The lowest BCUT2D eigenvalue weighted by molar-refractivity contribution is -0.0609. The zero-order chi connectivity index (χ0) is 8.32. The van der Waals surface area contributed by atoms with E-state index in [-0.39, 0.29) is 13.0 Å². The molecule has 0 aromatic rings. The monoisotopic (exact) mass is 161 g/mol. The highest BCUT2D eigenvalue weighted by molar-refractivity contribution is 4.82. The Morgan fingerprint density at radius 2 is 2.27 bits per heavy atom. The van der Waals surface area contributed by atoms with E-state index in [2.05, 4.69) is 6.58 Å². The third kappa shape index (κ3) is 2.58. The van der Waals surface area contributed by atoms with Gasteiger partial charge in [0.15, 0.2) is 0 Å². The number of hydrogen-bond donors (Lipinski definition) is 0. The van der Waals surface area contributed by atoms with E-state index in [9.17, 15) is 8.78 Å². The lowest BCUT2D eigenvalue weighted by atomic mass is 10.1. The highest BCUT2D eigenvalue weighted by atomic mass is 19.3. The molecule has 1 heterocycles. The van der Waals surface area contributed by atoms with Crippen LogP contribution in [0, 0.1) is 0 Å². The topological polar surface area (TPSA) is 3.24 Å². The van der Waals surface area contributed by atoms with Crippen LogP contribution in [0.1, 0.15) is 12.8 Å². The van der Waals surface area contributed by atoms with E-state index in [1.807, 2.05) is 0 Å². The van der Waals surface area contributed by atoms with Crippen molar-refractivity contribution >= 4 is 0 Å². The molecule has 1 fully saturated rings. The molecular formula is C8H13F2N. The summed E-state index contributed by atoms with van der Waals surface area (Å²) in [5.41, 5.74) is 0. The standard InChI is InChI=1S/C8H13F2N/c1-2-5-11-6-3-4-8(9,10)7-11/h2H,1,3-7H2. The molecule has 1 saturated heterocycles. The Balaban J connectivity index is 2.39. The first kappa shape index (κ1) is 8.65. The zero-order valence-corrected chi connectivity index (χ0v) is 6.52. The molecule has 11 heavy (non-hydrogen) atoms. The van der Waals surface area contributed by atoms with Gasteiger partial charge in [0.1, 0.15) is 0 Å². The fraction of sp³-hybridized carbons (Fsp3) is 0.750. The molecule has 0 unspecified atom stereocenters. The first-order chi connectivity index (χ1) is 5.14. The zero-order valence-electron chi connectivity index (χ0n) is 6.52. The smallest absolute Gasteiger partial charge is 0.260 e. The molecule has 1 aliphatic rings.